The molecule has 2 aromatic rings. The number of hydrogen-bond acceptors (Lipinski definition) is 4. The first-order valence-corrected chi connectivity index (χ1v) is 7.82. The molecular formula is C18H21N3O3. The van der Waals surface area contributed by atoms with Crippen molar-refractivity contribution >= 4 is 17.3 Å². The summed E-state index contributed by atoms with van der Waals surface area (Å²) < 4.78 is 0. The van der Waals surface area contributed by atoms with Crippen molar-refractivity contribution in [3.05, 3.63) is 69.8 Å². The van der Waals surface area contributed by atoms with Crippen LogP contribution in [0.3, 0.4) is 0 Å². The van der Waals surface area contributed by atoms with Gasteiger partial charge in [0.15, 0.2) is 0 Å². The van der Waals surface area contributed by atoms with Gasteiger partial charge >= 0.3 is 0 Å². The van der Waals surface area contributed by atoms with E-state index >= 15 is 0 Å². The zero-order valence-electron chi connectivity index (χ0n) is 13.8. The van der Waals surface area contributed by atoms with E-state index in [1.165, 1.54) is 11.6 Å². The summed E-state index contributed by atoms with van der Waals surface area (Å²) in [5, 5.41) is 16.7. The van der Waals surface area contributed by atoms with Crippen molar-refractivity contribution in [1.82, 2.24) is 5.32 Å². The number of nitrogens with one attached hydrogen (secondary N) is 2. The first-order valence-electron chi connectivity index (χ1n) is 7.82. The number of hydrogen-bond donors (Lipinski definition) is 2. The normalized spacial score (nSPS) is 11.6. The Balaban J connectivity index is 1.98. The summed E-state index contributed by atoms with van der Waals surface area (Å²) in [4.78, 5) is 22.9. The van der Waals surface area contributed by atoms with Gasteiger partial charge in [-0.05, 0) is 37.5 Å². The Labute approximate surface area is 141 Å². The highest BCUT2D eigenvalue weighted by Gasteiger charge is 2.17. The maximum Gasteiger partial charge on any atom is 0.293 e. The molecule has 0 aliphatic heterocycles. The molecule has 6 nitrogen and oxygen atoms in total. The molecule has 0 heterocycles. The number of benzene rings is 2. The topological polar surface area (TPSA) is 84.3 Å². The summed E-state index contributed by atoms with van der Waals surface area (Å²) in [5.74, 6) is -0.304. The van der Waals surface area contributed by atoms with Crippen LogP contribution in [0, 0.1) is 10.1 Å². The van der Waals surface area contributed by atoms with Gasteiger partial charge in [0, 0.05) is 24.7 Å². The fraction of sp³-hybridized carbons (Fsp3) is 0.278. The average Bonchev–Trinajstić information content (AvgIpc) is 2.60. The number of nitrogens with zero attached hydrogens (tertiary/aromatic N) is 1. The molecule has 2 aromatic carbocycles. The van der Waals surface area contributed by atoms with Crippen molar-refractivity contribution in [2.75, 3.05) is 12.4 Å². The van der Waals surface area contributed by atoms with Gasteiger partial charge in [0.25, 0.3) is 11.6 Å². The quantitative estimate of drug-likeness (QED) is 0.603. The minimum atomic E-state index is -0.499. The average molecular weight is 327 g/mol. The van der Waals surface area contributed by atoms with E-state index in [1.807, 2.05) is 37.3 Å². The lowest BCUT2D eigenvalue weighted by Crippen LogP contribution is -2.32. The second kappa shape index (κ2) is 8.10. The minimum Gasteiger partial charge on any atom is -0.383 e. The number of aryl methyl sites for hydroxylation is 1. The Morgan fingerprint density at radius 1 is 1.21 bits per heavy atom. The van der Waals surface area contributed by atoms with Crippen LogP contribution in [0.2, 0.25) is 0 Å². The van der Waals surface area contributed by atoms with Crippen molar-refractivity contribution in [2.45, 2.75) is 25.8 Å². The van der Waals surface area contributed by atoms with Crippen molar-refractivity contribution < 1.29 is 9.72 Å². The summed E-state index contributed by atoms with van der Waals surface area (Å²) in [5.41, 5.74) is 1.77. The van der Waals surface area contributed by atoms with Crippen molar-refractivity contribution in [1.29, 1.82) is 0 Å². The summed E-state index contributed by atoms with van der Waals surface area (Å²) >= 11 is 0. The van der Waals surface area contributed by atoms with E-state index in [1.54, 1.807) is 19.2 Å². The lowest BCUT2D eigenvalue weighted by molar-refractivity contribution is -0.384. The van der Waals surface area contributed by atoms with Crippen LogP contribution in [0.15, 0.2) is 48.5 Å². The Morgan fingerprint density at radius 3 is 2.54 bits per heavy atom. The van der Waals surface area contributed by atoms with Crippen molar-refractivity contribution in [3.8, 4) is 0 Å². The molecule has 0 radical (unpaired) electrons. The van der Waals surface area contributed by atoms with Gasteiger partial charge in [0.1, 0.15) is 5.69 Å². The fourth-order valence-corrected chi connectivity index (χ4v) is 2.44. The Morgan fingerprint density at radius 2 is 1.92 bits per heavy atom. The van der Waals surface area contributed by atoms with Crippen LogP contribution >= 0.6 is 0 Å². The van der Waals surface area contributed by atoms with Crippen LogP contribution in [0.25, 0.3) is 0 Å². The number of amides is 1. The van der Waals surface area contributed by atoms with E-state index in [-0.39, 0.29) is 23.2 Å². The van der Waals surface area contributed by atoms with E-state index < -0.39 is 4.92 Å². The van der Waals surface area contributed by atoms with Crippen molar-refractivity contribution in [2.24, 2.45) is 0 Å². The maximum atomic E-state index is 12.3. The number of nitro groups is 1. The molecule has 0 aromatic heterocycles. The van der Waals surface area contributed by atoms with Gasteiger partial charge in [-0.3, -0.25) is 14.9 Å². The van der Waals surface area contributed by atoms with E-state index in [0.717, 1.165) is 12.8 Å². The molecule has 0 fully saturated rings. The maximum absolute atomic E-state index is 12.3. The molecule has 24 heavy (non-hydrogen) atoms. The van der Waals surface area contributed by atoms with Gasteiger partial charge in [-0.2, -0.15) is 0 Å². The first-order chi connectivity index (χ1) is 11.5. The molecule has 0 saturated heterocycles. The number of nitro benzene ring substituents is 1. The molecular weight excluding hydrogens is 306 g/mol. The third-order valence-corrected chi connectivity index (χ3v) is 3.81. The molecule has 1 amide bonds. The molecule has 126 valence electrons. The minimum absolute atomic E-state index is 0.0271. The second-order valence-corrected chi connectivity index (χ2v) is 5.64. The Kier molecular flexibility index (Phi) is 5.89. The van der Waals surface area contributed by atoms with Gasteiger partial charge in [0.2, 0.25) is 0 Å². The predicted octanol–water partition coefficient (Wildman–Crippen LogP) is 3.39. The van der Waals surface area contributed by atoms with Crippen LogP contribution in [0.4, 0.5) is 11.4 Å². The summed E-state index contributed by atoms with van der Waals surface area (Å²) in [6.45, 7) is 1.93. The van der Waals surface area contributed by atoms with E-state index in [0.29, 0.717) is 5.69 Å². The molecule has 0 bridgehead atoms. The largest absolute Gasteiger partial charge is 0.383 e. The fourth-order valence-electron chi connectivity index (χ4n) is 2.44. The van der Waals surface area contributed by atoms with Crippen LogP contribution in [-0.2, 0) is 6.42 Å². The van der Waals surface area contributed by atoms with Crippen LogP contribution in [-0.4, -0.2) is 23.9 Å². The second-order valence-electron chi connectivity index (χ2n) is 5.64. The van der Waals surface area contributed by atoms with E-state index in [9.17, 15) is 14.9 Å². The molecule has 0 spiro atoms. The van der Waals surface area contributed by atoms with Gasteiger partial charge in [-0.1, -0.05) is 30.3 Å². The van der Waals surface area contributed by atoms with Crippen molar-refractivity contribution in [3.63, 3.8) is 0 Å². The highest BCUT2D eigenvalue weighted by molar-refractivity contribution is 5.95. The smallest absolute Gasteiger partial charge is 0.293 e. The summed E-state index contributed by atoms with van der Waals surface area (Å²) in [7, 11) is 1.60. The molecule has 0 aliphatic rings. The van der Waals surface area contributed by atoms with Gasteiger partial charge < -0.3 is 10.6 Å². The monoisotopic (exact) mass is 327 g/mol. The molecule has 2 N–H and O–H groups in total. The third kappa shape index (κ3) is 4.55. The lowest BCUT2D eigenvalue weighted by atomic mass is 10.1. The molecule has 1 atom stereocenters. The molecule has 1 unspecified atom stereocenters. The standard InChI is InChI=1S/C18H21N3O3/c1-13(8-9-14-6-4-3-5-7-14)20-18(22)15-10-11-16(19-2)17(12-15)21(23)24/h3-7,10-13,19H,8-9H2,1-2H3,(H,20,22). The van der Waals surface area contributed by atoms with Crippen LogP contribution < -0.4 is 10.6 Å². The number of rotatable bonds is 7. The van der Waals surface area contributed by atoms with Crippen LogP contribution in [0.1, 0.15) is 29.3 Å². The zero-order valence-corrected chi connectivity index (χ0v) is 13.8. The zero-order chi connectivity index (χ0) is 17.5. The highest BCUT2D eigenvalue weighted by atomic mass is 16.6. The summed E-state index contributed by atoms with van der Waals surface area (Å²) in [6.07, 6.45) is 1.66. The predicted molar refractivity (Wildman–Crippen MR) is 94.3 cm³/mol. The Bertz CT molecular complexity index is 717. The van der Waals surface area contributed by atoms with Gasteiger partial charge in [-0.15, -0.1) is 0 Å². The third-order valence-electron chi connectivity index (χ3n) is 3.81. The molecule has 2 rings (SSSR count). The number of carbonyl (C=O) groups is 1. The number of anilines is 1. The van der Waals surface area contributed by atoms with E-state index in [2.05, 4.69) is 10.6 Å². The Hall–Kier alpha value is -2.89. The van der Waals surface area contributed by atoms with Gasteiger partial charge in [0.05, 0.1) is 4.92 Å². The number of carbonyl (C=O) groups excluding carboxylic acids is 1. The molecule has 6 heteroatoms. The molecule has 0 aliphatic carbocycles. The lowest BCUT2D eigenvalue weighted by Gasteiger charge is -2.14. The highest BCUT2D eigenvalue weighted by Crippen LogP contribution is 2.25. The summed E-state index contributed by atoms with van der Waals surface area (Å²) in [6, 6.07) is 14.4. The van der Waals surface area contributed by atoms with Crippen LogP contribution in [0.5, 0.6) is 0 Å². The van der Waals surface area contributed by atoms with E-state index in [4.69, 9.17) is 0 Å². The first kappa shape index (κ1) is 17.5. The SMILES string of the molecule is CNc1ccc(C(=O)NC(C)CCc2ccccc2)cc1[N+](=O)[O-]. The molecule has 0 saturated carbocycles. The van der Waals surface area contributed by atoms with Gasteiger partial charge in [-0.25, -0.2) is 0 Å².